The molecule has 2 atom stereocenters. The van der Waals surface area contributed by atoms with E-state index in [0.717, 1.165) is 0 Å². The maximum absolute atomic E-state index is 10.5. The Morgan fingerprint density at radius 3 is 2.75 bits per heavy atom. The molecule has 0 saturated heterocycles. The lowest BCUT2D eigenvalue weighted by Crippen LogP contribution is -2.46. The van der Waals surface area contributed by atoms with Crippen molar-refractivity contribution < 1.29 is 4.79 Å². The summed E-state index contributed by atoms with van der Waals surface area (Å²) in [7, 11) is 0. The van der Waals surface area contributed by atoms with Gasteiger partial charge in [0.25, 0.3) is 0 Å². The van der Waals surface area contributed by atoms with E-state index in [2.05, 4.69) is 11.2 Å². The minimum absolute atomic E-state index is 0.167. The number of hydrogen-bond donors (Lipinski definition) is 3. The van der Waals surface area contributed by atoms with Gasteiger partial charge in [-0.25, -0.2) is 0 Å². The quantitative estimate of drug-likeness (QED) is 0.452. The number of nitrogens with two attached hydrogens (primary N) is 2. The SMILES string of the molecule is C#CCC(C)NCC(N)C(N)=O. The third-order valence-electron chi connectivity index (χ3n) is 1.48. The van der Waals surface area contributed by atoms with Crippen molar-refractivity contribution in [3.8, 4) is 12.3 Å². The van der Waals surface area contributed by atoms with Crippen LogP contribution in [0.25, 0.3) is 0 Å². The number of terminal acetylenes is 1. The lowest BCUT2D eigenvalue weighted by molar-refractivity contribution is -0.119. The van der Waals surface area contributed by atoms with Crippen LogP contribution in [0.5, 0.6) is 0 Å². The molecule has 0 aromatic heterocycles. The van der Waals surface area contributed by atoms with Crippen LogP contribution in [-0.2, 0) is 4.79 Å². The second kappa shape index (κ2) is 5.58. The number of carbonyl (C=O) groups is 1. The summed E-state index contributed by atoms with van der Waals surface area (Å²) < 4.78 is 0. The summed E-state index contributed by atoms with van der Waals surface area (Å²) in [5, 5.41) is 3.00. The van der Waals surface area contributed by atoms with Crippen molar-refractivity contribution in [1.29, 1.82) is 0 Å². The fourth-order valence-electron chi connectivity index (χ4n) is 0.678. The molecule has 0 spiro atoms. The molecule has 0 aliphatic heterocycles. The molecule has 4 heteroatoms. The van der Waals surface area contributed by atoms with Crippen LogP contribution in [0.15, 0.2) is 0 Å². The minimum Gasteiger partial charge on any atom is -0.368 e. The van der Waals surface area contributed by atoms with Crippen molar-refractivity contribution in [2.24, 2.45) is 11.5 Å². The van der Waals surface area contributed by atoms with Gasteiger partial charge in [0.05, 0.1) is 6.04 Å². The summed E-state index contributed by atoms with van der Waals surface area (Å²) in [4.78, 5) is 10.5. The molecule has 0 aromatic rings. The molecule has 0 radical (unpaired) electrons. The summed E-state index contributed by atoms with van der Waals surface area (Å²) in [6.07, 6.45) is 5.70. The zero-order valence-corrected chi connectivity index (χ0v) is 7.21. The average molecular weight is 169 g/mol. The van der Waals surface area contributed by atoms with Crippen LogP contribution < -0.4 is 16.8 Å². The Kier molecular flexibility index (Phi) is 5.09. The van der Waals surface area contributed by atoms with Gasteiger partial charge >= 0.3 is 0 Å². The Hall–Kier alpha value is -1.05. The van der Waals surface area contributed by atoms with Gasteiger partial charge in [0, 0.05) is 19.0 Å². The van der Waals surface area contributed by atoms with Gasteiger partial charge < -0.3 is 16.8 Å². The van der Waals surface area contributed by atoms with E-state index < -0.39 is 11.9 Å². The van der Waals surface area contributed by atoms with Crippen LogP contribution in [0.2, 0.25) is 0 Å². The molecule has 0 rings (SSSR count). The normalized spacial score (nSPS) is 14.8. The first-order valence-electron chi connectivity index (χ1n) is 3.79. The van der Waals surface area contributed by atoms with Crippen LogP contribution in [-0.4, -0.2) is 24.5 Å². The first-order valence-corrected chi connectivity index (χ1v) is 3.79. The van der Waals surface area contributed by atoms with E-state index >= 15 is 0 Å². The van der Waals surface area contributed by atoms with E-state index in [-0.39, 0.29) is 6.04 Å². The van der Waals surface area contributed by atoms with Crippen LogP contribution in [0.4, 0.5) is 0 Å². The van der Waals surface area contributed by atoms with Crippen molar-refractivity contribution in [1.82, 2.24) is 5.32 Å². The molecule has 0 bridgehead atoms. The van der Waals surface area contributed by atoms with Crippen molar-refractivity contribution in [3.05, 3.63) is 0 Å². The Labute approximate surface area is 72.7 Å². The summed E-state index contributed by atoms with van der Waals surface area (Å²) in [5.74, 6) is 2.00. The second-order valence-corrected chi connectivity index (χ2v) is 2.73. The maximum atomic E-state index is 10.5. The first-order chi connectivity index (χ1) is 5.57. The lowest BCUT2D eigenvalue weighted by Gasteiger charge is -2.13. The van der Waals surface area contributed by atoms with Gasteiger partial charge in [-0.15, -0.1) is 12.3 Å². The molecule has 0 saturated carbocycles. The number of nitrogens with one attached hydrogen (secondary N) is 1. The first kappa shape index (κ1) is 11.0. The van der Waals surface area contributed by atoms with E-state index in [9.17, 15) is 4.79 Å². The van der Waals surface area contributed by atoms with Crippen molar-refractivity contribution >= 4 is 5.91 Å². The fourth-order valence-corrected chi connectivity index (χ4v) is 0.678. The van der Waals surface area contributed by atoms with Gasteiger partial charge in [0.1, 0.15) is 0 Å². The van der Waals surface area contributed by atoms with E-state index in [0.29, 0.717) is 13.0 Å². The van der Waals surface area contributed by atoms with E-state index in [1.807, 2.05) is 6.92 Å². The number of hydrogen-bond acceptors (Lipinski definition) is 3. The van der Waals surface area contributed by atoms with Crippen LogP contribution in [0.1, 0.15) is 13.3 Å². The molecule has 0 aliphatic rings. The number of rotatable bonds is 5. The van der Waals surface area contributed by atoms with Gasteiger partial charge in [-0.1, -0.05) is 0 Å². The van der Waals surface area contributed by atoms with Gasteiger partial charge in [-0.3, -0.25) is 4.79 Å². The zero-order chi connectivity index (χ0) is 9.56. The Morgan fingerprint density at radius 2 is 2.33 bits per heavy atom. The highest BCUT2D eigenvalue weighted by atomic mass is 16.1. The van der Waals surface area contributed by atoms with Gasteiger partial charge in [-0.2, -0.15) is 0 Å². The zero-order valence-electron chi connectivity index (χ0n) is 7.21. The van der Waals surface area contributed by atoms with Crippen LogP contribution in [0, 0.1) is 12.3 Å². The number of carbonyl (C=O) groups excluding carboxylic acids is 1. The van der Waals surface area contributed by atoms with E-state index in [1.165, 1.54) is 0 Å². The predicted octanol–water partition coefficient (Wildman–Crippen LogP) is -1.20. The van der Waals surface area contributed by atoms with Gasteiger partial charge in [0.2, 0.25) is 5.91 Å². The average Bonchev–Trinajstić information content (AvgIpc) is 2.00. The molecule has 0 fully saturated rings. The molecule has 0 heterocycles. The maximum Gasteiger partial charge on any atom is 0.235 e. The van der Waals surface area contributed by atoms with Gasteiger partial charge in [0.15, 0.2) is 0 Å². The van der Waals surface area contributed by atoms with Crippen molar-refractivity contribution in [2.45, 2.75) is 25.4 Å². The Bertz CT molecular complexity index is 185. The molecular formula is C8H15N3O. The molecule has 68 valence electrons. The third-order valence-corrected chi connectivity index (χ3v) is 1.48. The molecule has 1 amide bonds. The summed E-state index contributed by atoms with van der Waals surface area (Å²) in [5.41, 5.74) is 10.3. The molecular weight excluding hydrogens is 154 g/mol. The van der Waals surface area contributed by atoms with E-state index in [1.54, 1.807) is 0 Å². The molecule has 12 heavy (non-hydrogen) atoms. The Morgan fingerprint density at radius 1 is 1.75 bits per heavy atom. The molecule has 5 N–H and O–H groups in total. The summed E-state index contributed by atoms with van der Waals surface area (Å²) >= 11 is 0. The summed E-state index contributed by atoms with van der Waals surface area (Å²) in [6, 6.07) is -0.467. The minimum atomic E-state index is -0.634. The highest BCUT2D eigenvalue weighted by Crippen LogP contribution is 1.87. The predicted molar refractivity (Wildman–Crippen MR) is 48.1 cm³/mol. The molecule has 0 aliphatic carbocycles. The second-order valence-electron chi connectivity index (χ2n) is 2.73. The molecule has 2 unspecified atom stereocenters. The molecule has 0 aromatic carbocycles. The largest absolute Gasteiger partial charge is 0.368 e. The monoisotopic (exact) mass is 169 g/mol. The topological polar surface area (TPSA) is 81.1 Å². The fraction of sp³-hybridized carbons (Fsp3) is 0.625. The van der Waals surface area contributed by atoms with Crippen LogP contribution >= 0.6 is 0 Å². The standard InChI is InChI=1S/C8H15N3O/c1-3-4-6(2)11-5-7(9)8(10)12/h1,6-7,11H,4-5,9H2,2H3,(H2,10,12). The number of primary amides is 1. The van der Waals surface area contributed by atoms with Crippen LogP contribution in [0.3, 0.4) is 0 Å². The molecule has 4 nitrogen and oxygen atoms in total. The Balaban J connectivity index is 3.55. The highest BCUT2D eigenvalue weighted by molar-refractivity contribution is 5.79. The van der Waals surface area contributed by atoms with E-state index in [4.69, 9.17) is 17.9 Å². The number of amides is 1. The lowest BCUT2D eigenvalue weighted by atomic mass is 10.2. The van der Waals surface area contributed by atoms with Crippen molar-refractivity contribution in [2.75, 3.05) is 6.54 Å². The van der Waals surface area contributed by atoms with Crippen molar-refractivity contribution in [3.63, 3.8) is 0 Å². The summed E-state index contributed by atoms with van der Waals surface area (Å²) in [6.45, 7) is 2.30. The van der Waals surface area contributed by atoms with Gasteiger partial charge in [-0.05, 0) is 6.92 Å². The smallest absolute Gasteiger partial charge is 0.235 e. The third kappa shape index (κ3) is 4.72. The highest BCUT2D eigenvalue weighted by Gasteiger charge is 2.09.